The molecule has 0 amide bonds. The van der Waals surface area contributed by atoms with Gasteiger partial charge in [0, 0.05) is 17.3 Å². The zero-order chi connectivity index (χ0) is 15.5. The largest absolute Gasteiger partial charge is 0.516 e. The van der Waals surface area contributed by atoms with Gasteiger partial charge in [0.15, 0.2) is 5.82 Å². The second-order valence-electron chi connectivity index (χ2n) is 4.48. The highest BCUT2D eigenvalue weighted by Crippen LogP contribution is 2.40. The van der Waals surface area contributed by atoms with Crippen LogP contribution in [0.4, 0.5) is 5.82 Å². The van der Waals surface area contributed by atoms with Crippen molar-refractivity contribution in [1.29, 1.82) is 0 Å². The summed E-state index contributed by atoms with van der Waals surface area (Å²) in [6, 6.07) is 8.66. The van der Waals surface area contributed by atoms with E-state index in [1.54, 1.807) is 30.5 Å². The molecule has 0 fully saturated rings. The third kappa shape index (κ3) is 2.16. The number of aliphatic imine (C=N–C) groups is 1. The molecule has 0 atom stereocenters. The van der Waals surface area contributed by atoms with Crippen molar-refractivity contribution in [1.82, 2.24) is 15.2 Å². The molecule has 6 nitrogen and oxygen atoms in total. The lowest BCUT2D eigenvalue weighted by atomic mass is 10.00. The molecule has 0 spiro atoms. The van der Waals surface area contributed by atoms with E-state index in [0.29, 0.717) is 33.9 Å². The Kier molecular flexibility index (Phi) is 3.49. The van der Waals surface area contributed by atoms with Crippen molar-refractivity contribution in [3.05, 3.63) is 48.5 Å². The number of aromatic nitrogens is 3. The summed E-state index contributed by atoms with van der Waals surface area (Å²) in [5, 5.41) is 27.3. The van der Waals surface area contributed by atoms with Crippen LogP contribution in [0.25, 0.3) is 28.5 Å². The summed E-state index contributed by atoms with van der Waals surface area (Å²) in [4.78, 5) is 8.10. The molecule has 108 valence electrons. The van der Waals surface area contributed by atoms with Gasteiger partial charge in [-0.25, -0.2) is 4.99 Å². The van der Waals surface area contributed by atoms with E-state index >= 15 is 0 Å². The molecular formula is C16H12N4O2. The van der Waals surface area contributed by atoms with E-state index in [1.807, 2.05) is 6.07 Å². The Balaban J connectivity index is 2.34. The molecule has 1 aromatic rings. The van der Waals surface area contributed by atoms with E-state index in [9.17, 15) is 5.11 Å². The minimum Gasteiger partial charge on any atom is -0.516 e. The van der Waals surface area contributed by atoms with Gasteiger partial charge in [-0.05, 0) is 24.9 Å². The van der Waals surface area contributed by atoms with Gasteiger partial charge in [0.1, 0.15) is 11.4 Å². The molecule has 0 saturated heterocycles. The summed E-state index contributed by atoms with van der Waals surface area (Å²) in [7, 11) is 0. The van der Waals surface area contributed by atoms with Crippen molar-refractivity contribution in [2.24, 2.45) is 4.99 Å². The van der Waals surface area contributed by atoms with Crippen molar-refractivity contribution in [2.45, 2.75) is 0 Å². The Labute approximate surface area is 126 Å². The molecule has 6 heteroatoms. The Morgan fingerprint density at radius 1 is 1.09 bits per heavy atom. The van der Waals surface area contributed by atoms with Gasteiger partial charge in [0.2, 0.25) is 0 Å². The first-order valence-corrected chi connectivity index (χ1v) is 6.47. The average Bonchev–Trinajstić information content (AvgIpc) is 2.87. The molecule has 1 aromatic carbocycles. The molecule has 0 aliphatic carbocycles. The van der Waals surface area contributed by atoms with Gasteiger partial charge in [0.05, 0.1) is 17.5 Å². The second kappa shape index (κ2) is 5.61. The Bertz CT molecular complexity index is 845. The molecule has 0 bridgehead atoms. The van der Waals surface area contributed by atoms with E-state index < -0.39 is 0 Å². The summed E-state index contributed by atoms with van der Waals surface area (Å²) >= 11 is 0. The fraction of sp³-hybridized carbons (Fsp3) is 0. The fourth-order valence-electron chi connectivity index (χ4n) is 2.29. The smallest absolute Gasteiger partial charge is 0.185 e. The summed E-state index contributed by atoms with van der Waals surface area (Å²) in [5.41, 5.74) is 2.82. The molecule has 2 aliphatic heterocycles. The van der Waals surface area contributed by atoms with Crippen LogP contribution in [-0.4, -0.2) is 32.1 Å². The van der Waals surface area contributed by atoms with Crippen molar-refractivity contribution >= 4 is 18.6 Å². The second-order valence-corrected chi connectivity index (χ2v) is 4.48. The molecule has 2 aliphatic rings. The number of aliphatic hydroxyl groups excluding tert-OH is 1. The molecule has 0 unspecified atom stereocenters. The highest BCUT2D eigenvalue weighted by molar-refractivity contribution is 5.91. The van der Waals surface area contributed by atoms with Gasteiger partial charge in [-0.2, -0.15) is 0 Å². The minimum atomic E-state index is 0.130. The quantitative estimate of drug-likeness (QED) is 0.571. The monoisotopic (exact) mass is 292 g/mol. The third-order valence-electron chi connectivity index (χ3n) is 3.25. The van der Waals surface area contributed by atoms with Gasteiger partial charge in [-0.1, -0.05) is 18.2 Å². The number of phenolic OH excluding ortho intramolecular Hbond substituents is 1. The Morgan fingerprint density at radius 2 is 1.91 bits per heavy atom. The number of hydrogen-bond donors (Lipinski definition) is 2. The highest BCUT2D eigenvalue weighted by Gasteiger charge is 2.21. The van der Waals surface area contributed by atoms with Crippen molar-refractivity contribution in [3.8, 4) is 28.1 Å². The van der Waals surface area contributed by atoms with Crippen LogP contribution in [0, 0.1) is 0 Å². The minimum absolute atomic E-state index is 0.130. The molecule has 0 radical (unpaired) electrons. The first kappa shape index (κ1) is 13.7. The number of para-hydroxylation sites is 1. The number of hydrogen-bond acceptors (Lipinski definition) is 6. The van der Waals surface area contributed by atoms with Crippen LogP contribution in [0.15, 0.2) is 47.8 Å². The maximum atomic E-state index is 10.1. The van der Waals surface area contributed by atoms with Gasteiger partial charge in [-0.3, -0.25) is 4.98 Å². The van der Waals surface area contributed by atoms with Crippen molar-refractivity contribution < 1.29 is 10.2 Å². The van der Waals surface area contributed by atoms with E-state index in [-0.39, 0.29) is 5.75 Å². The molecule has 3 rings (SSSR count). The SMILES string of the molecule is C=Nc1nnc2c(-c3ccccc3O)ccnc(/C=C/O)c1-2. The van der Waals surface area contributed by atoms with E-state index in [2.05, 4.69) is 26.9 Å². The molecular weight excluding hydrogens is 280 g/mol. The van der Waals surface area contributed by atoms with Gasteiger partial charge < -0.3 is 10.2 Å². The van der Waals surface area contributed by atoms with E-state index in [0.717, 1.165) is 6.26 Å². The first-order valence-electron chi connectivity index (χ1n) is 6.47. The standard InChI is InChI=1S/C16H12N4O2/c1-17-16-14-12(7-9-21)18-8-6-11(15(14)19-20-16)10-4-2-3-5-13(10)22/h2-9,21-22H,1H2/b9-7+. The number of aromatic hydroxyl groups is 1. The average molecular weight is 292 g/mol. The van der Waals surface area contributed by atoms with Crippen LogP contribution in [-0.2, 0) is 0 Å². The predicted octanol–water partition coefficient (Wildman–Crippen LogP) is 3.21. The number of phenols is 1. The van der Waals surface area contributed by atoms with Crippen LogP contribution < -0.4 is 0 Å². The van der Waals surface area contributed by atoms with Crippen LogP contribution in [0.5, 0.6) is 5.75 Å². The maximum Gasteiger partial charge on any atom is 0.185 e. The topological polar surface area (TPSA) is 91.5 Å². The lowest BCUT2D eigenvalue weighted by Crippen LogP contribution is -1.85. The molecule has 0 saturated carbocycles. The van der Waals surface area contributed by atoms with Crippen LogP contribution in [0.1, 0.15) is 5.69 Å². The number of nitrogens with zero attached hydrogens (tertiary/aromatic N) is 4. The molecule has 2 N–H and O–H groups in total. The van der Waals surface area contributed by atoms with Gasteiger partial charge in [-0.15, -0.1) is 10.2 Å². The zero-order valence-corrected chi connectivity index (χ0v) is 11.5. The summed E-state index contributed by atoms with van der Waals surface area (Å²) in [6.45, 7) is 3.48. The summed E-state index contributed by atoms with van der Waals surface area (Å²) in [5.74, 6) is 0.453. The van der Waals surface area contributed by atoms with Crippen LogP contribution in [0.3, 0.4) is 0 Å². The zero-order valence-electron chi connectivity index (χ0n) is 11.5. The van der Waals surface area contributed by atoms with Crippen LogP contribution >= 0.6 is 0 Å². The van der Waals surface area contributed by atoms with E-state index in [1.165, 1.54) is 6.08 Å². The number of benzene rings is 1. The highest BCUT2D eigenvalue weighted by atomic mass is 16.3. The number of aliphatic hydroxyl groups is 1. The Morgan fingerprint density at radius 3 is 2.64 bits per heavy atom. The van der Waals surface area contributed by atoms with E-state index in [4.69, 9.17) is 5.11 Å². The normalized spacial score (nSPS) is 11.1. The predicted molar refractivity (Wildman–Crippen MR) is 84.4 cm³/mol. The lowest BCUT2D eigenvalue weighted by molar-refractivity contribution is 0.477. The third-order valence-corrected chi connectivity index (χ3v) is 3.25. The maximum absolute atomic E-state index is 10.1. The summed E-state index contributed by atoms with van der Waals surface area (Å²) < 4.78 is 0. The van der Waals surface area contributed by atoms with Gasteiger partial charge >= 0.3 is 0 Å². The van der Waals surface area contributed by atoms with Crippen molar-refractivity contribution in [3.63, 3.8) is 0 Å². The summed E-state index contributed by atoms with van der Waals surface area (Å²) in [6.07, 6.45) is 3.89. The number of rotatable bonds is 3. The van der Waals surface area contributed by atoms with Crippen molar-refractivity contribution in [2.75, 3.05) is 0 Å². The lowest BCUT2D eigenvalue weighted by Gasteiger charge is -2.05. The molecule has 0 aromatic heterocycles. The van der Waals surface area contributed by atoms with Gasteiger partial charge in [0.25, 0.3) is 0 Å². The van der Waals surface area contributed by atoms with Crippen LogP contribution in [0.2, 0.25) is 0 Å². The fourth-order valence-corrected chi connectivity index (χ4v) is 2.29. The molecule has 2 heterocycles. The number of fused-ring (bicyclic) bond motifs is 1. The molecule has 22 heavy (non-hydrogen) atoms. The Hall–Kier alpha value is -3.28. The first-order chi connectivity index (χ1) is 10.8.